The maximum absolute atomic E-state index is 14.8. The number of hydrogen-bond acceptors (Lipinski definition) is 7. The SMILES string of the molecule is CNc1cc2c(NC(C)c3cc(N)cc(C(F)F)c3F)nnc(C)c2cc1C(=O)N1CCOCC1. The number of morpholine rings is 1. The molecule has 1 atom stereocenters. The monoisotopic (exact) mass is 488 g/mol. The van der Waals surface area contributed by atoms with Gasteiger partial charge < -0.3 is 26.0 Å². The Morgan fingerprint density at radius 1 is 1.11 bits per heavy atom. The zero-order valence-electron chi connectivity index (χ0n) is 19.7. The number of halogens is 3. The minimum Gasteiger partial charge on any atom is -0.399 e. The lowest BCUT2D eigenvalue weighted by Crippen LogP contribution is -2.40. The molecule has 1 unspecified atom stereocenters. The van der Waals surface area contributed by atoms with E-state index < -0.39 is 23.8 Å². The number of alkyl halides is 2. The van der Waals surface area contributed by atoms with Gasteiger partial charge in [0.05, 0.1) is 36.1 Å². The number of nitrogen functional groups attached to an aromatic ring is 1. The van der Waals surface area contributed by atoms with Crippen molar-refractivity contribution in [3.63, 3.8) is 0 Å². The molecule has 0 radical (unpaired) electrons. The Morgan fingerprint density at radius 3 is 2.46 bits per heavy atom. The molecular weight excluding hydrogens is 461 g/mol. The molecule has 1 saturated heterocycles. The van der Waals surface area contributed by atoms with E-state index in [2.05, 4.69) is 20.8 Å². The summed E-state index contributed by atoms with van der Waals surface area (Å²) in [5.41, 5.74) is 6.70. The Kier molecular flexibility index (Phi) is 6.97. The fourth-order valence-electron chi connectivity index (χ4n) is 4.21. The third kappa shape index (κ3) is 4.81. The van der Waals surface area contributed by atoms with Gasteiger partial charge in [0.1, 0.15) is 5.82 Å². The van der Waals surface area contributed by atoms with Gasteiger partial charge in [0.25, 0.3) is 12.3 Å². The molecular formula is C24H27F3N6O2. The van der Waals surface area contributed by atoms with Crippen LogP contribution < -0.4 is 16.4 Å². The average molecular weight is 489 g/mol. The van der Waals surface area contributed by atoms with Crippen molar-refractivity contribution in [1.82, 2.24) is 15.1 Å². The molecule has 35 heavy (non-hydrogen) atoms. The first-order chi connectivity index (χ1) is 16.7. The first-order valence-electron chi connectivity index (χ1n) is 11.2. The number of aryl methyl sites for hydroxylation is 1. The van der Waals surface area contributed by atoms with E-state index in [1.165, 1.54) is 6.07 Å². The van der Waals surface area contributed by atoms with Gasteiger partial charge in [-0.05, 0) is 38.1 Å². The van der Waals surface area contributed by atoms with E-state index >= 15 is 0 Å². The van der Waals surface area contributed by atoms with Crippen molar-refractivity contribution >= 4 is 33.9 Å². The first-order valence-corrected chi connectivity index (χ1v) is 11.2. The van der Waals surface area contributed by atoms with Crippen LogP contribution in [0.5, 0.6) is 0 Å². The lowest BCUT2D eigenvalue weighted by atomic mass is 10.0. The van der Waals surface area contributed by atoms with Crippen molar-refractivity contribution in [3.05, 3.63) is 52.5 Å². The van der Waals surface area contributed by atoms with Gasteiger partial charge in [-0.3, -0.25) is 4.79 Å². The smallest absolute Gasteiger partial charge is 0.266 e. The number of anilines is 3. The van der Waals surface area contributed by atoms with Crippen LogP contribution in [0.3, 0.4) is 0 Å². The van der Waals surface area contributed by atoms with Crippen molar-refractivity contribution in [1.29, 1.82) is 0 Å². The van der Waals surface area contributed by atoms with E-state index in [1.807, 2.05) is 0 Å². The molecule has 0 aliphatic carbocycles. The van der Waals surface area contributed by atoms with Crippen LogP contribution in [0.4, 0.5) is 30.4 Å². The van der Waals surface area contributed by atoms with E-state index in [0.29, 0.717) is 59.8 Å². The zero-order valence-corrected chi connectivity index (χ0v) is 19.7. The quantitative estimate of drug-likeness (QED) is 0.445. The van der Waals surface area contributed by atoms with Crippen LogP contribution in [0.2, 0.25) is 0 Å². The third-order valence-corrected chi connectivity index (χ3v) is 6.11. The summed E-state index contributed by atoms with van der Waals surface area (Å²) in [6.45, 7) is 5.37. The number of carbonyl (C=O) groups excluding carboxylic acids is 1. The van der Waals surface area contributed by atoms with Crippen molar-refractivity contribution in [2.45, 2.75) is 26.3 Å². The Labute approximate surface area is 200 Å². The second kappa shape index (κ2) is 9.95. The molecule has 0 saturated carbocycles. The molecule has 3 aromatic rings. The number of fused-ring (bicyclic) bond motifs is 1. The molecule has 1 aliphatic rings. The van der Waals surface area contributed by atoms with E-state index in [9.17, 15) is 18.0 Å². The second-order valence-corrected chi connectivity index (χ2v) is 8.41. The largest absolute Gasteiger partial charge is 0.399 e. The van der Waals surface area contributed by atoms with Gasteiger partial charge in [-0.15, -0.1) is 5.10 Å². The molecule has 1 fully saturated rings. The topological polar surface area (TPSA) is 105 Å². The highest BCUT2D eigenvalue weighted by atomic mass is 19.3. The summed E-state index contributed by atoms with van der Waals surface area (Å²) in [6, 6.07) is 5.04. The Balaban J connectivity index is 1.74. The van der Waals surface area contributed by atoms with Crippen molar-refractivity contribution < 1.29 is 22.7 Å². The zero-order chi connectivity index (χ0) is 25.3. The normalized spacial score (nSPS) is 14.9. The molecule has 186 valence electrons. The van der Waals surface area contributed by atoms with Gasteiger partial charge in [-0.2, -0.15) is 5.10 Å². The van der Waals surface area contributed by atoms with Crippen LogP contribution in [-0.4, -0.2) is 54.4 Å². The van der Waals surface area contributed by atoms with E-state index in [1.54, 1.807) is 37.9 Å². The van der Waals surface area contributed by atoms with Crippen LogP contribution in [0.25, 0.3) is 10.8 Å². The average Bonchev–Trinajstić information content (AvgIpc) is 2.86. The number of rotatable bonds is 6. The highest BCUT2D eigenvalue weighted by Crippen LogP contribution is 2.34. The highest BCUT2D eigenvalue weighted by Gasteiger charge is 2.24. The molecule has 11 heteroatoms. The summed E-state index contributed by atoms with van der Waals surface area (Å²) in [4.78, 5) is 14.9. The number of nitrogens with one attached hydrogen (secondary N) is 2. The summed E-state index contributed by atoms with van der Waals surface area (Å²) in [5.74, 6) is -0.826. The lowest BCUT2D eigenvalue weighted by Gasteiger charge is -2.28. The number of benzene rings is 2. The molecule has 2 aromatic carbocycles. The van der Waals surface area contributed by atoms with E-state index in [-0.39, 0.29) is 17.2 Å². The van der Waals surface area contributed by atoms with Gasteiger partial charge in [-0.1, -0.05) is 0 Å². The minimum absolute atomic E-state index is 0.0104. The predicted molar refractivity (Wildman–Crippen MR) is 128 cm³/mol. The number of hydrogen-bond donors (Lipinski definition) is 3. The number of ether oxygens (including phenoxy) is 1. The van der Waals surface area contributed by atoms with Crippen LogP contribution in [0, 0.1) is 12.7 Å². The van der Waals surface area contributed by atoms with Gasteiger partial charge in [0, 0.05) is 47.8 Å². The Bertz CT molecular complexity index is 1260. The van der Waals surface area contributed by atoms with Crippen molar-refractivity contribution in [2.75, 3.05) is 49.7 Å². The van der Waals surface area contributed by atoms with Gasteiger partial charge >= 0.3 is 0 Å². The third-order valence-electron chi connectivity index (χ3n) is 6.11. The van der Waals surface area contributed by atoms with Gasteiger partial charge in [0.15, 0.2) is 5.82 Å². The molecule has 8 nitrogen and oxygen atoms in total. The first kappa shape index (κ1) is 24.5. The minimum atomic E-state index is -3.00. The number of carbonyl (C=O) groups is 1. The van der Waals surface area contributed by atoms with Crippen LogP contribution in [0.1, 0.15) is 46.6 Å². The molecule has 0 spiro atoms. The maximum atomic E-state index is 14.8. The van der Waals surface area contributed by atoms with Gasteiger partial charge in [-0.25, -0.2) is 13.2 Å². The molecule has 1 aromatic heterocycles. The molecule has 1 amide bonds. The number of nitrogens with two attached hydrogens (primary N) is 1. The number of aromatic nitrogens is 2. The fourth-order valence-corrected chi connectivity index (χ4v) is 4.21. The summed E-state index contributed by atoms with van der Waals surface area (Å²) in [5, 5.41) is 15.9. The van der Waals surface area contributed by atoms with Crippen molar-refractivity contribution in [2.24, 2.45) is 0 Å². The Hall–Kier alpha value is -3.60. The highest BCUT2D eigenvalue weighted by molar-refractivity contribution is 6.06. The molecule has 1 aliphatic heterocycles. The standard InChI is InChI=1S/C24H27F3N6O2/c1-12(16-8-14(28)9-19(21(16)25)22(26)27)30-23-17-11-20(29-3)18(10-15(17)13(2)31-32-23)24(34)33-4-6-35-7-5-33/h8-12,22,29H,4-7,28H2,1-3H3,(H,30,32). The lowest BCUT2D eigenvalue weighted by molar-refractivity contribution is 0.0303. The number of nitrogens with zero attached hydrogens (tertiary/aromatic N) is 3. The summed E-state index contributed by atoms with van der Waals surface area (Å²) >= 11 is 0. The molecule has 4 rings (SSSR count). The van der Waals surface area contributed by atoms with Crippen molar-refractivity contribution in [3.8, 4) is 0 Å². The summed E-state index contributed by atoms with van der Waals surface area (Å²) in [7, 11) is 1.71. The fraction of sp³-hybridized carbons (Fsp3) is 0.375. The van der Waals surface area contributed by atoms with Gasteiger partial charge in [0.2, 0.25) is 0 Å². The Morgan fingerprint density at radius 2 is 1.80 bits per heavy atom. The maximum Gasteiger partial charge on any atom is 0.266 e. The van der Waals surface area contributed by atoms with E-state index in [4.69, 9.17) is 10.5 Å². The summed E-state index contributed by atoms with van der Waals surface area (Å²) in [6.07, 6.45) is -3.00. The predicted octanol–water partition coefficient (Wildman–Crippen LogP) is 4.28. The molecule has 2 heterocycles. The molecule has 4 N–H and O–H groups in total. The van der Waals surface area contributed by atoms with Crippen LogP contribution in [0.15, 0.2) is 24.3 Å². The second-order valence-electron chi connectivity index (χ2n) is 8.41. The summed E-state index contributed by atoms with van der Waals surface area (Å²) < 4.78 is 46.7. The number of amides is 1. The van der Waals surface area contributed by atoms with E-state index in [0.717, 1.165) is 6.07 Å². The van der Waals surface area contributed by atoms with Crippen LogP contribution in [-0.2, 0) is 4.74 Å². The molecule has 0 bridgehead atoms. The van der Waals surface area contributed by atoms with Crippen LogP contribution >= 0.6 is 0 Å².